The number of benzene rings is 2. The molecular weight excluding hydrogens is 484 g/mol. The van der Waals surface area contributed by atoms with Crippen molar-refractivity contribution in [3.8, 4) is 5.75 Å². The third kappa shape index (κ3) is 3.75. The summed E-state index contributed by atoms with van der Waals surface area (Å²) in [4.78, 5) is 47.2. The lowest BCUT2D eigenvalue weighted by Crippen LogP contribution is -2.29. The van der Waals surface area contributed by atoms with Gasteiger partial charge in [0.1, 0.15) is 17.6 Å². The molecule has 0 radical (unpaired) electrons. The van der Waals surface area contributed by atoms with Crippen LogP contribution in [0.25, 0.3) is 16.0 Å². The van der Waals surface area contributed by atoms with Crippen molar-refractivity contribution in [1.82, 2.24) is 9.97 Å². The summed E-state index contributed by atoms with van der Waals surface area (Å²) in [5.74, 6) is -1.52. The number of methoxy groups -OCH3 is 1. The number of hydrogen-bond donors (Lipinski definition) is 1. The largest absolute Gasteiger partial charge is 0.507 e. The van der Waals surface area contributed by atoms with Gasteiger partial charge in [-0.25, -0.2) is 4.98 Å². The molecule has 10 nitrogen and oxygen atoms in total. The Kier molecular flexibility index (Phi) is 5.69. The van der Waals surface area contributed by atoms with Gasteiger partial charge in [-0.15, -0.1) is 0 Å². The number of aryl methyl sites for hydroxylation is 1. The van der Waals surface area contributed by atoms with Crippen molar-refractivity contribution < 1.29 is 24.4 Å². The van der Waals surface area contributed by atoms with Crippen molar-refractivity contribution in [2.75, 3.05) is 12.0 Å². The van der Waals surface area contributed by atoms with Crippen LogP contribution in [0.15, 0.2) is 66.4 Å². The van der Waals surface area contributed by atoms with Gasteiger partial charge in [0.15, 0.2) is 5.13 Å². The predicted molar refractivity (Wildman–Crippen MR) is 133 cm³/mol. The quantitative estimate of drug-likeness (QED) is 0.138. The molecule has 1 atom stereocenters. The van der Waals surface area contributed by atoms with Crippen LogP contribution in [0.4, 0.5) is 10.8 Å². The number of nitro benzene ring substituents is 1. The topological polar surface area (TPSA) is 136 Å². The van der Waals surface area contributed by atoms with Gasteiger partial charge in [0.25, 0.3) is 11.5 Å². The predicted octanol–water partition coefficient (Wildman–Crippen LogP) is 4.54. The maximum absolute atomic E-state index is 13.3. The number of ketones is 1. The Morgan fingerprint density at radius 1 is 1.17 bits per heavy atom. The van der Waals surface area contributed by atoms with E-state index in [1.54, 1.807) is 43.3 Å². The number of carbonyl (C=O) groups excluding carboxylic acids is 2. The van der Waals surface area contributed by atoms with E-state index in [2.05, 4.69) is 9.97 Å². The van der Waals surface area contributed by atoms with Gasteiger partial charge >= 0.3 is 5.91 Å². The summed E-state index contributed by atoms with van der Waals surface area (Å²) in [6.45, 7) is 1.80. The molecule has 1 amide bonds. The second-order valence-corrected chi connectivity index (χ2v) is 9.02. The fraction of sp³-hybridized carbons (Fsp3) is 0.120. The minimum atomic E-state index is -1.05. The lowest BCUT2D eigenvalue weighted by Gasteiger charge is -2.22. The maximum atomic E-state index is 13.3. The fourth-order valence-corrected chi connectivity index (χ4v) is 5.17. The van der Waals surface area contributed by atoms with Gasteiger partial charge in [0.2, 0.25) is 0 Å². The van der Waals surface area contributed by atoms with Crippen molar-refractivity contribution in [3.63, 3.8) is 0 Å². The Bertz CT molecular complexity index is 1580. The van der Waals surface area contributed by atoms with Crippen LogP contribution in [0.1, 0.15) is 22.9 Å². The Morgan fingerprint density at radius 3 is 2.64 bits per heavy atom. The van der Waals surface area contributed by atoms with Crippen molar-refractivity contribution in [1.29, 1.82) is 0 Å². The summed E-state index contributed by atoms with van der Waals surface area (Å²) in [7, 11) is 1.53. The Hall–Kier alpha value is -4.64. The van der Waals surface area contributed by atoms with E-state index >= 15 is 0 Å². The number of fused-ring (bicyclic) bond motifs is 1. The number of amides is 1. The highest BCUT2D eigenvalue weighted by molar-refractivity contribution is 7.22. The molecule has 1 unspecified atom stereocenters. The summed E-state index contributed by atoms with van der Waals surface area (Å²) >= 11 is 1.04. The van der Waals surface area contributed by atoms with Crippen LogP contribution in [0.5, 0.6) is 5.75 Å². The highest BCUT2D eigenvalue weighted by Gasteiger charge is 2.48. The van der Waals surface area contributed by atoms with Crippen LogP contribution in [-0.4, -0.2) is 38.8 Å². The molecule has 11 heteroatoms. The first kappa shape index (κ1) is 23.1. The number of aliphatic hydroxyl groups excluding tert-OH is 1. The van der Waals surface area contributed by atoms with Crippen LogP contribution < -0.4 is 9.64 Å². The molecule has 2 aromatic carbocycles. The van der Waals surface area contributed by atoms with E-state index in [-0.39, 0.29) is 22.2 Å². The molecule has 0 saturated carbocycles. The standard InChI is InChI=1S/C25H18N4O6S/c1-13-11-14(6-9-18(13)35-2)22(30)20-21(17-5-3-4-10-26-17)28(24(32)23(20)31)25-27-16-8-7-15(29(33)34)12-19(16)36-25/h3-12,21,30H,1-2H3/b22-20+. The number of carbonyl (C=O) groups is 2. The summed E-state index contributed by atoms with van der Waals surface area (Å²) in [5.41, 5.74) is 1.62. The minimum Gasteiger partial charge on any atom is -0.507 e. The van der Waals surface area contributed by atoms with Gasteiger partial charge in [-0.3, -0.25) is 29.6 Å². The number of rotatable bonds is 5. The van der Waals surface area contributed by atoms with Crippen LogP contribution in [-0.2, 0) is 9.59 Å². The van der Waals surface area contributed by atoms with Gasteiger partial charge in [0.05, 0.1) is 33.5 Å². The normalized spacial score (nSPS) is 17.1. The molecule has 0 bridgehead atoms. The number of aromatic nitrogens is 2. The smallest absolute Gasteiger partial charge is 0.301 e. The number of anilines is 1. The Balaban J connectivity index is 1.70. The van der Waals surface area contributed by atoms with E-state index in [9.17, 15) is 24.8 Å². The first-order valence-corrected chi connectivity index (χ1v) is 11.5. The molecule has 180 valence electrons. The zero-order valence-corrected chi connectivity index (χ0v) is 19.9. The van der Waals surface area contributed by atoms with E-state index in [0.717, 1.165) is 16.9 Å². The van der Waals surface area contributed by atoms with Gasteiger partial charge in [-0.05, 0) is 48.9 Å². The zero-order valence-electron chi connectivity index (χ0n) is 19.0. The van der Waals surface area contributed by atoms with Gasteiger partial charge in [-0.1, -0.05) is 17.4 Å². The molecule has 3 heterocycles. The Labute approximate surface area is 208 Å². The second kappa shape index (κ2) is 8.86. The van der Waals surface area contributed by atoms with Crippen molar-refractivity contribution in [2.24, 2.45) is 0 Å². The van der Waals surface area contributed by atoms with Crippen LogP contribution >= 0.6 is 11.3 Å². The molecule has 1 saturated heterocycles. The van der Waals surface area contributed by atoms with Gasteiger partial charge in [0, 0.05) is 23.9 Å². The number of Topliss-reactive ketones (excluding diaryl/α,β-unsaturated/α-hetero) is 1. The van der Waals surface area contributed by atoms with E-state index in [1.807, 2.05) is 0 Å². The molecule has 1 fully saturated rings. The molecular formula is C25H18N4O6S. The maximum Gasteiger partial charge on any atom is 0.301 e. The fourth-order valence-electron chi connectivity index (χ4n) is 4.15. The number of nitro groups is 1. The number of aliphatic hydroxyl groups is 1. The van der Waals surface area contributed by atoms with Crippen LogP contribution in [0, 0.1) is 17.0 Å². The number of hydrogen-bond acceptors (Lipinski definition) is 9. The van der Waals surface area contributed by atoms with E-state index in [0.29, 0.717) is 27.2 Å². The summed E-state index contributed by atoms with van der Waals surface area (Å²) < 4.78 is 5.75. The minimum absolute atomic E-state index is 0.115. The molecule has 0 spiro atoms. The van der Waals surface area contributed by atoms with Gasteiger partial charge < -0.3 is 9.84 Å². The van der Waals surface area contributed by atoms with Crippen LogP contribution in [0.2, 0.25) is 0 Å². The summed E-state index contributed by atoms with van der Waals surface area (Å²) in [6.07, 6.45) is 1.52. The number of nitrogens with zero attached hydrogens (tertiary/aromatic N) is 4. The monoisotopic (exact) mass is 502 g/mol. The Morgan fingerprint density at radius 2 is 1.97 bits per heavy atom. The first-order chi connectivity index (χ1) is 17.3. The summed E-state index contributed by atoms with van der Waals surface area (Å²) in [6, 6.07) is 13.1. The average molecular weight is 503 g/mol. The van der Waals surface area contributed by atoms with Crippen LogP contribution in [0.3, 0.4) is 0 Å². The van der Waals surface area contributed by atoms with Gasteiger partial charge in [-0.2, -0.15) is 0 Å². The third-order valence-corrected chi connectivity index (χ3v) is 6.88. The van der Waals surface area contributed by atoms with E-state index in [4.69, 9.17) is 4.74 Å². The molecule has 5 rings (SSSR count). The lowest BCUT2D eigenvalue weighted by molar-refractivity contribution is -0.384. The number of thiazole rings is 1. The third-order valence-electron chi connectivity index (χ3n) is 5.86. The number of pyridine rings is 1. The number of non-ortho nitro benzene ring substituents is 1. The molecule has 36 heavy (non-hydrogen) atoms. The SMILES string of the molecule is COc1ccc(/C(O)=C2\C(=O)C(=O)N(c3nc4ccc([N+](=O)[O-])cc4s3)C2c2ccccn2)cc1C. The lowest BCUT2D eigenvalue weighted by atomic mass is 9.97. The van der Waals surface area contributed by atoms with E-state index in [1.165, 1.54) is 36.4 Å². The highest BCUT2D eigenvalue weighted by atomic mass is 32.1. The zero-order chi connectivity index (χ0) is 25.6. The summed E-state index contributed by atoms with van der Waals surface area (Å²) in [5, 5.41) is 22.6. The molecule has 1 aliphatic rings. The molecule has 0 aliphatic carbocycles. The van der Waals surface area contributed by atoms with Crippen molar-refractivity contribution in [3.05, 3.63) is 93.3 Å². The molecule has 1 aliphatic heterocycles. The number of ether oxygens (including phenoxy) is 1. The molecule has 1 N–H and O–H groups in total. The first-order valence-electron chi connectivity index (χ1n) is 10.7. The average Bonchev–Trinajstić information content (AvgIpc) is 3.41. The van der Waals surface area contributed by atoms with Crippen molar-refractivity contribution in [2.45, 2.75) is 13.0 Å². The van der Waals surface area contributed by atoms with E-state index < -0.39 is 22.7 Å². The molecule has 2 aromatic heterocycles. The van der Waals surface area contributed by atoms with Crippen molar-refractivity contribution >= 4 is 49.8 Å². The highest BCUT2D eigenvalue weighted by Crippen LogP contribution is 2.44. The molecule has 4 aromatic rings. The second-order valence-electron chi connectivity index (χ2n) is 8.01.